The number of amides is 2. The molecule has 2 aliphatic rings. The fourth-order valence-corrected chi connectivity index (χ4v) is 3.89. The van der Waals surface area contributed by atoms with E-state index >= 15 is 0 Å². The van der Waals surface area contributed by atoms with Gasteiger partial charge in [-0.3, -0.25) is 9.59 Å². The summed E-state index contributed by atoms with van der Waals surface area (Å²) in [6.07, 6.45) is 5.59. The van der Waals surface area contributed by atoms with E-state index in [1.54, 1.807) is 0 Å². The highest BCUT2D eigenvalue weighted by Crippen LogP contribution is 2.35. The van der Waals surface area contributed by atoms with Crippen molar-refractivity contribution in [3.05, 3.63) is 29.8 Å². The highest BCUT2D eigenvalue weighted by molar-refractivity contribution is 5.83. The molecule has 0 bridgehead atoms. The van der Waals surface area contributed by atoms with Crippen LogP contribution in [0, 0.1) is 5.41 Å². The number of carbonyl (C=O) groups excluding carboxylic acids is 2. The van der Waals surface area contributed by atoms with Crippen LogP contribution in [-0.4, -0.2) is 44.6 Å². The Morgan fingerprint density at radius 1 is 0.885 bits per heavy atom. The summed E-state index contributed by atoms with van der Waals surface area (Å²) in [5.41, 5.74) is 0.852. The van der Waals surface area contributed by atoms with E-state index in [0.29, 0.717) is 13.1 Å². The van der Waals surface area contributed by atoms with E-state index in [4.69, 9.17) is 4.74 Å². The second-order valence-electron chi connectivity index (χ2n) is 7.24. The standard InChI is InChI=1S/C20H29N3O3/c24-18-15-26-17-7-2-1-5-16(17)6-3-4-8-20(9-11-21-12-10-20)19(25)23-14-13-22-18/h1-2,5,7,21H,3-4,6,8-15H2,(H,22,24)(H,23,25). The predicted molar refractivity (Wildman–Crippen MR) is 100 cm³/mol. The van der Waals surface area contributed by atoms with Gasteiger partial charge in [0.25, 0.3) is 5.91 Å². The minimum atomic E-state index is -0.272. The monoisotopic (exact) mass is 359 g/mol. The number of carbonyl (C=O) groups is 2. The van der Waals surface area contributed by atoms with Gasteiger partial charge in [0.05, 0.1) is 5.41 Å². The summed E-state index contributed by atoms with van der Waals surface area (Å²) >= 11 is 0. The Labute approximate surface area is 155 Å². The number of hydrogen-bond donors (Lipinski definition) is 3. The summed E-state index contributed by atoms with van der Waals surface area (Å²) in [5, 5.41) is 9.19. The van der Waals surface area contributed by atoms with E-state index in [9.17, 15) is 9.59 Å². The minimum Gasteiger partial charge on any atom is -0.483 e. The second-order valence-corrected chi connectivity index (χ2v) is 7.24. The van der Waals surface area contributed by atoms with Crippen LogP contribution in [0.3, 0.4) is 0 Å². The number of ether oxygens (including phenoxy) is 1. The average molecular weight is 359 g/mol. The number of benzene rings is 1. The van der Waals surface area contributed by atoms with Crippen molar-refractivity contribution < 1.29 is 14.3 Å². The average Bonchev–Trinajstić information content (AvgIpc) is 2.68. The maximum absolute atomic E-state index is 12.8. The lowest BCUT2D eigenvalue weighted by atomic mass is 9.74. The van der Waals surface area contributed by atoms with Crippen LogP contribution < -0.4 is 20.7 Å². The molecule has 1 fully saturated rings. The lowest BCUT2D eigenvalue weighted by molar-refractivity contribution is -0.133. The lowest BCUT2D eigenvalue weighted by Crippen LogP contribution is -2.49. The predicted octanol–water partition coefficient (Wildman–Crippen LogP) is 1.39. The van der Waals surface area contributed by atoms with Gasteiger partial charge in [0.2, 0.25) is 5.91 Å². The Morgan fingerprint density at radius 3 is 2.50 bits per heavy atom. The van der Waals surface area contributed by atoms with Crippen molar-refractivity contribution in [3.8, 4) is 5.75 Å². The van der Waals surface area contributed by atoms with Crippen molar-refractivity contribution in [2.24, 2.45) is 5.41 Å². The van der Waals surface area contributed by atoms with E-state index in [0.717, 1.165) is 62.9 Å². The molecule has 2 amide bonds. The van der Waals surface area contributed by atoms with Crippen molar-refractivity contribution in [2.45, 2.75) is 38.5 Å². The molecule has 6 heteroatoms. The molecule has 1 aromatic rings. The molecule has 1 spiro atoms. The third-order valence-corrected chi connectivity index (χ3v) is 5.46. The van der Waals surface area contributed by atoms with Gasteiger partial charge < -0.3 is 20.7 Å². The molecule has 2 aliphatic heterocycles. The van der Waals surface area contributed by atoms with Crippen LogP contribution in [0.25, 0.3) is 0 Å². The van der Waals surface area contributed by atoms with Gasteiger partial charge in [-0.2, -0.15) is 0 Å². The molecule has 0 aliphatic carbocycles. The molecule has 3 N–H and O–H groups in total. The summed E-state index contributed by atoms with van der Waals surface area (Å²) in [7, 11) is 0. The van der Waals surface area contributed by atoms with Gasteiger partial charge in [-0.15, -0.1) is 0 Å². The molecule has 0 radical (unpaired) electrons. The van der Waals surface area contributed by atoms with Gasteiger partial charge in [0.15, 0.2) is 6.61 Å². The number of rotatable bonds is 0. The van der Waals surface area contributed by atoms with Crippen molar-refractivity contribution in [2.75, 3.05) is 32.8 Å². The van der Waals surface area contributed by atoms with Crippen LogP contribution in [-0.2, 0) is 16.0 Å². The number of piperidine rings is 1. The van der Waals surface area contributed by atoms with Crippen LogP contribution in [0.1, 0.15) is 37.7 Å². The SMILES string of the molecule is O=C1COc2ccccc2CCCCC2(CCNCC2)C(=O)NCCN1. The van der Waals surface area contributed by atoms with E-state index in [1.807, 2.05) is 18.2 Å². The van der Waals surface area contributed by atoms with Crippen LogP contribution in [0.5, 0.6) is 5.75 Å². The number of nitrogens with one attached hydrogen (secondary N) is 3. The Bertz CT molecular complexity index is 626. The van der Waals surface area contributed by atoms with E-state index in [-0.39, 0.29) is 23.8 Å². The normalized spacial score (nSPS) is 22.2. The molecule has 0 aromatic heterocycles. The maximum atomic E-state index is 12.8. The molecule has 2 heterocycles. The quantitative estimate of drug-likeness (QED) is 0.654. The Morgan fingerprint density at radius 2 is 1.65 bits per heavy atom. The molecule has 6 nitrogen and oxygen atoms in total. The van der Waals surface area contributed by atoms with Gasteiger partial charge >= 0.3 is 0 Å². The summed E-state index contributed by atoms with van der Waals surface area (Å²) in [5.74, 6) is 0.753. The van der Waals surface area contributed by atoms with Crippen LogP contribution >= 0.6 is 0 Å². The molecular weight excluding hydrogens is 330 g/mol. The first kappa shape index (κ1) is 18.7. The second kappa shape index (κ2) is 9.03. The van der Waals surface area contributed by atoms with Crippen LogP contribution in [0.2, 0.25) is 0 Å². The smallest absolute Gasteiger partial charge is 0.258 e. The zero-order chi connectivity index (χ0) is 18.2. The fourth-order valence-electron chi connectivity index (χ4n) is 3.89. The molecule has 0 saturated carbocycles. The van der Waals surface area contributed by atoms with Crippen molar-refractivity contribution >= 4 is 11.8 Å². The number of para-hydroxylation sites is 1. The van der Waals surface area contributed by atoms with Crippen LogP contribution in [0.15, 0.2) is 24.3 Å². The topological polar surface area (TPSA) is 79.5 Å². The number of aryl methyl sites for hydroxylation is 1. The summed E-state index contributed by atoms with van der Waals surface area (Å²) in [6, 6.07) is 7.90. The van der Waals surface area contributed by atoms with E-state index in [2.05, 4.69) is 22.0 Å². The summed E-state index contributed by atoms with van der Waals surface area (Å²) in [6.45, 7) is 2.66. The van der Waals surface area contributed by atoms with Gasteiger partial charge in [-0.05, 0) is 56.8 Å². The van der Waals surface area contributed by atoms with Crippen molar-refractivity contribution in [1.82, 2.24) is 16.0 Å². The van der Waals surface area contributed by atoms with Gasteiger partial charge in [-0.25, -0.2) is 0 Å². The third-order valence-electron chi connectivity index (χ3n) is 5.46. The van der Waals surface area contributed by atoms with Gasteiger partial charge in [0, 0.05) is 13.1 Å². The molecule has 1 saturated heterocycles. The molecule has 26 heavy (non-hydrogen) atoms. The van der Waals surface area contributed by atoms with Gasteiger partial charge in [-0.1, -0.05) is 24.6 Å². The largest absolute Gasteiger partial charge is 0.483 e. The van der Waals surface area contributed by atoms with Gasteiger partial charge in [0.1, 0.15) is 5.75 Å². The molecular formula is C20H29N3O3. The van der Waals surface area contributed by atoms with Crippen molar-refractivity contribution in [3.63, 3.8) is 0 Å². The van der Waals surface area contributed by atoms with E-state index < -0.39 is 0 Å². The summed E-state index contributed by atoms with van der Waals surface area (Å²) < 4.78 is 5.70. The summed E-state index contributed by atoms with van der Waals surface area (Å²) in [4.78, 5) is 24.8. The zero-order valence-corrected chi connectivity index (χ0v) is 15.3. The Kier molecular flexibility index (Phi) is 6.50. The number of hydrogen-bond acceptors (Lipinski definition) is 4. The van der Waals surface area contributed by atoms with Crippen LogP contribution in [0.4, 0.5) is 0 Å². The molecule has 1 aromatic carbocycles. The zero-order valence-electron chi connectivity index (χ0n) is 15.3. The fraction of sp³-hybridized carbons (Fsp3) is 0.600. The molecule has 3 rings (SSSR count). The first-order chi connectivity index (χ1) is 12.7. The Balaban J connectivity index is 1.71. The molecule has 0 atom stereocenters. The lowest BCUT2D eigenvalue weighted by Gasteiger charge is -2.36. The highest BCUT2D eigenvalue weighted by Gasteiger charge is 2.38. The Hall–Kier alpha value is -2.08. The molecule has 0 unspecified atom stereocenters. The molecule has 142 valence electrons. The number of fused-ring (bicyclic) bond motifs is 1. The first-order valence-electron chi connectivity index (χ1n) is 9.66. The highest BCUT2D eigenvalue weighted by atomic mass is 16.5. The van der Waals surface area contributed by atoms with E-state index in [1.165, 1.54) is 0 Å². The third kappa shape index (κ3) is 4.75. The minimum absolute atomic E-state index is 0.000562. The first-order valence-corrected chi connectivity index (χ1v) is 9.66. The van der Waals surface area contributed by atoms with Crippen molar-refractivity contribution in [1.29, 1.82) is 0 Å². The maximum Gasteiger partial charge on any atom is 0.258 e.